The molecule has 0 saturated carbocycles. The van der Waals surface area contributed by atoms with Gasteiger partial charge in [0.05, 0.1) is 30.6 Å². The molecule has 0 aliphatic carbocycles. The molecule has 0 spiro atoms. The zero-order valence-corrected chi connectivity index (χ0v) is 22.6. The van der Waals surface area contributed by atoms with Gasteiger partial charge in [-0.25, -0.2) is 13.9 Å². The Bertz CT molecular complexity index is 1750. The van der Waals surface area contributed by atoms with Crippen molar-refractivity contribution in [2.24, 2.45) is 0 Å². The fourth-order valence-corrected chi connectivity index (χ4v) is 5.30. The minimum absolute atomic E-state index is 0.112. The molecular weight excluding hydrogens is 523 g/mol. The highest BCUT2D eigenvalue weighted by molar-refractivity contribution is 5.95. The van der Waals surface area contributed by atoms with E-state index in [1.54, 1.807) is 34.6 Å². The fraction of sp³-hybridized carbons (Fsp3) is 0.226. The van der Waals surface area contributed by atoms with Crippen molar-refractivity contribution >= 4 is 28.2 Å². The first-order valence-corrected chi connectivity index (χ1v) is 13.6. The Labute approximate surface area is 236 Å². The number of hydrogen-bond donors (Lipinski definition) is 0. The number of anilines is 2. The van der Waals surface area contributed by atoms with Crippen LogP contribution in [0.5, 0.6) is 0 Å². The second-order valence-corrected chi connectivity index (χ2v) is 9.86. The van der Waals surface area contributed by atoms with Crippen LogP contribution >= 0.6 is 0 Å². The highest BCUT2D eigenvalue weighted by Gasteiger charge is 2.24. The largest absolute Gasteiger partial charge is 0.462 e. The number of hydrogen-bond acceptors (Lipinski definition) is 7. The second kappa shape index (κ2) is 11.2. The van der Waals surface area contributed by atoms with Gasteiger partial charge in [0, 0.05) is 55.3 Å². The molecule has 0 bridgehead atoms. The Morgan fingerprint density at radius 1 is 0.951 bits per heavy atom. The van der Waals surface area contributed by atoms with Gasteiger partial charge >= 0.3 is 5.97 Å². The first-order valence-electron chi connectivity index (χ1n) is 13.6. The lowest BCUT2D eigenvalue weighted by Crippen LogP contribution is -2.46. The molecule has 6 rings (SSSR count). The van der Waals surface area contributed by atoms with Crippen LogP contribution in [0.15, 0.2) is 90.1 Å². The fourth-order valence-electron chi connectivity index (χ4n) is 5.30. The molecule has 5 aromatic rings. The predicted molar refractivity (Wildman–Crippen MR) is 155 cm³/mol. The molecular formula is C31H29FN6O3. The van der Waals surface area contributed by atoms with Crippen molar-refractivity contribution in [3.63, 3.8) is 0 Å². The summed E-state index contributed by atoms with van der Waals surface area (Å²) in [5.41, 5.74) is 3.00. The molecule has 0 radical (unpaired) electrons. The number of pyridine rings is 1. The summed E-state index contributed by atoms with van der Waals surface area (Å²) < 4.78 is 24.3. The molecule has 0 unspecified atom stereocenters. The Balaban J connectivity index is 1.42. The van der Waals surface area contributed by atoms with Crippen LogP contribution in [0.4, 0.5) is 15.8 Å². The van der Waals surface area contributed by atoms with Crippen molar-refractivity contribution in [3.05, 3.63) is 112 Å². The van der Waals surface area contributed by atoms with Crippen LogP contribution in [0.1, 0.15) is 22.8 Å². The normalized spacial score (nSPS) is 13.5. The Morgan fingerprint density at radius 3 is 2.44 bits per heavy atom. The van der Waals surface area contributed by atoms with E-state index in [2.05, 4.69) is 27.3 Å². The summed E-state index contributed by atoms with van der Waals surface area (Å²) in [6.07, 6.45) is 4.87. The van der Waals surface area contributed by atoms with Crippen LogP contribution in [0.2, 0.25) is 0 Å². The van der Waals surface area contributed by atoms with E-state index in [1.165, 1.54) is 12.3 Å². The van der Waals surface area contributed by atoms with Gasteiger partial charge in [0.1, 0.15) is 11.4 Å². The summed E-state index contributed by atoms with van der Waals surface area (Å²) in [7, 11) is 0. The van der Waals surface area contributed by atoms with Crippen LogP contribution in [0, 0.1) is 5.82 Å². The molecule has 1 aliphatic rings. The van der Waals surface area contributed by atoms with E-state index in [-0.39, 0.29) is 17.6 Å². The number of carbonyl (C=O) groups is 1. The van der Waals surface area contributed by atoms with Crippen molar-refractivity contribution in [3.8, 4) is 5.69 Å². The Kier molecular flexibility index (Phi) is 7.20. The maximum Gasteiger partial charge on any atom is 0.343 e. The second-order valence-electron chi connectivity index (χ2n) is 9.86. The van der Waals surface area contributed by atoms with Gasteiger partial charge in [-0.2, -0.15) is 0 Å². The van der Waals surface area contributed by atoms with E-state index in [9.17, 15) is 9.59 Å². The number of nitrogens with zero attached hydrogens (tertiary/aromatic N) is 6. The van der Waals surface area contributed by atoms with Crippen LogP contribution < -0.4 is 15.2 Å². The van der Waals surface area contributed by atoms with Gasteiger partial charge in [0.15, 0.2) is 0 Å². The van der Waals surface area contributed by atoms with Crippen LogP contribution in [-0.2, 0) is 11.3 Å². The van der Waals surface area contributed by atoms with Crippen molar-refractivity contribution in [1.29, 1.82) is 0 Å². The minimum atomic E-state index is -0.742. The van der Waals surface area contributed by atoms with E-state index < -0.39 is 17.2 Å². The number of piperazine rings is 1. The van der Waals surface area contributed by atoms with Crippen LogP contribution in [0.3, 0.4) is 0 Å². The molecule has 9 nitrogen and oxygen atoms in total. The standard InChI is InChI=1S/C31H29FN6O3/c1-2-41-31(40)26-21-38(24-10-6-7-22(17-24)20-37-12-11-33-34-37)28-19-29(27(32)18-25(28)30(26)39)36-15-13-35(14-16-36)23-8-4-3-5-9-23/h3-12,17-19,21H,2,13-16,20H2,1H3. The number of aromatic nitrogens is 4. The molecule has 1 saturated heterocycles. The van der Waals surface area contributed by atoms with Gasteiger partial charge in [0.25, 0.3) is 0 Å². The van der Waals surface area contributed by atoms with Gasteiger partial charge in [0.2, 0.25) is 5.43 Å². The number of carbonyl (C=O) groups excluding carboxylic acids is 1. The summed E-state index contributed by atoms with van der Waals surface area (Å²) in [4.78, 5) is 30.5. The number of halogens is 1. The lowest BCUT2D eigenvalue weighted by molar-refractivity contribution is 0.0524. The lowest BCUT2D eigenvalue weighted by Gasteiger charge is -2.37. The Hall–Kier alpha value is -4.99. The molecule has 41 heavy (non-hydrogen) atoms. The SMILES string of the molecule is CCOC(=O)c1cn(-c2cccc(Cn3ccnn3)c2)c2cc(N3CCN(c4ccccc4)CC3)c(F)cc2c1=O. The predicted octanol–water partition coefficient (Wildman–Crippen LogP) is 4.27. The van der Waals surface area contributed by atoms with Crippen molar-refractivity contribution in [2.75, 3.05) is 42.6 Å². The van der Waals surface area contributed by atoms with Crippen molar-refractivity contribution in [2.45, 2.75) is 13.5 Å². The number of para-hydroxylation sites is 1. The number of ether oxygens (including phenoxy) is 1. The Morgan fingerprint density at radius 2 is 1.71 bits per heavy atom. The van der Waals surface area contributed by atoms with Gasteiger partial charge in [-0.15, -0.1) is 5.10 Å². The average molecular weight is 553 g/mol. The van der Waals surface area contributed by atoms with Crippen molar-refractivity contribution in [1.82, 2.24) is 19.6 Å². The summed E-state index contributed by atoms with van der Waals surface area (Å²) in [6, 6.07) is 20.8. The maximum absolute atomic E-state index is 15.7. The zero-order chi connectivity index (χ0) is 28.3. The number of esters is 1. The van der Waals surface area contributed by atoms with Crippen LogP contribution in [0.25, 0.3) is 16.6 Å². The third-order valence-corrected chi connectivity index (χ3v) is 7.31. The van der Waals surface area contributed by atoms with E-state index in [4.69, 9.17) is 4.74 Å². The summed E-state index contributed by atoms with van der Waals surface area (Å²) in [5, 5.41) is 8.01. The quantitative estimate of drug-likeness (QED) is 0.279. The van der Waals surface area contributed by atoms with E-state index in [0.717, 1.165) is 24.3 Å². The van der Waals surface area contributed by atoms with E-state index in [1.807, 2.05) is 47.4 Å². The van der Waals surface area contributed by atoms with Gasteiger partial charge in [-0.05, 0) is 48.9 Å². The molecule has 1 aliphatic heterocycles. The van der Waals surface area contributed by atoms with Crippen molar-refractivity contribution < 1.29 is 13.9 Å². The molecule has 1 fully saturated rings. The molecule has 208 valence electrons. The summed E-state index contributed by atoms with van der Waals surface area (Å²) in [6.45, 7) is 5.00. The van der Waals surface area contributed by atoms with E-state index >= 15 is 4.39 Å². The zero-order valence-electron chi connectivity index (χ0n) is 22.6. The van der Waals surface area contributed by atoms with Gasteiger partial charge in [-0.3, -0.25) is 4.79 Å². The molecule has 3 heterocycles. The monoisotopic (exact) mass is 552 g/mol. The summed E-state index contributed by atoms with van der Waals surface area (Å²) >= 11 is 0. The van der Waals surface area contributed by atoms with Gasteiger partial charge < -0.3 is 19.1 Å². The summed E-state index contributed by atoms with van der Waals surface area (Å²) in [5.74, 6) is -1.25. The number of benzene rings is 3. The van der Waals surface area contributed by atoms with Gasteiger partial charge in [-0.1, -0.05) is 35.5 Å². The smallest absolute Gasteiger partial charge is 0.343 e. The molecule has 2 aromatic heterocycles. The average Bonchev–Trinajstić information content (AvgIpc) is 3.51. The van der Waals surface area contributed by atoms with Crippen LogP contribution in [-0.4, -0.2) is 58.3 Å². The minimum Gasteiger partial charge on any atom is -0.462 e. The molecule has 10 heteroatoms. The highest BCUT2D eigenvalue weighted by atomic mass is 19.1. The lowest BCUT2D eigenvalue weighted by atomic mass is 10.1. The maximum atomic E-state index is 15.7. The molecule has 0 N–H and O–H groups in total. The molecule has 0 amide bonds. The molecule has 3 aromatic carbocycles. The van der Waals surface area contributed by atoms with E-state index in [0.29, 0.717) is 36.5 Å². The topological polar surface area (TPSA) is 85.5 Å². The highest BCUT2D eigenvalue weighted by Crippen LogP contribution is 2.29. The third kappa shape index (κ3) is 5.28. The number of rotatable bonds is 7. The third-order valence-electron chi connectivity index (χ3n) is 7.31. The molecule has 0 atom stereocenters. The number of fused-ring (bicyclic) bond motifs is 1. The first-order chi connectivity index (χ1) is 20.0. The first kappa shape index (κ1) is 26.2.